The summed E-state index contributed by atoms with van der Waals surface area (Å²) in [6, 6.07) is 13.3. The van der Waals surface area contributed by atoms with E-state index in [4.69, 9.17) is 11.0 Å². The van der Waals surface area contributed by atoms with Crippen LogP contribution in [0.25, 0.3) is 11.0 Å². The number of benzene rings is 2. The monoisotopic (exact) mass is 475 g/mol. The van der Waals surface area contributed by atoms with Crippen molar-refractivity contribution in [1.29, 1.82) is 5.26 Å². The van der Waals surface area contributed by atoms with Crippen LogP contribution in [0.2, 0.25) is 0 Å². The van der Waals surface area contributed by atoms with Crippen LogP contribution >= 0.6 is 0 Å². The summed E-state index contributed by atoms with van der Waals surface area (Å²) in [6.45, 7) is 4.20. The molecular formula is C25H29N7O3. The SMILES string of the molecule is CCC(CC)C(=O)N(C)c1ccc2c(c1)nc(NC(=O)Nc1ccc(C#N)cc1)n2CCC(N)=O. The second-order valence-electron chi connectivity index (χ2n) is 8.16. The van der Waals surface area contributed by atoms with Crippen molar-refractivity contribution < 1.29 is 14.4 Å². The van der Waals surface area contributed by atoms with Gasteiger partial charge in [-0.2, -0.15) is 5.26 Å². The van der Waals surface area contributed by atoms with E-state index in [1.54, 1.807) is 52.9 Å². The number of carbonyl (C=O) groups excluding carboxylic acids is 3. The van der Waals surface area contributed by atoms with Gasteiger partial charge in [-0.15, -0.1) is 0 Å². The molecule has 0 saturated heterocycles. The maximum absolute atomic E-state index is 12.8. The Morgan fingerprint density at radius 3 is 2.40 bits per heavy atom. The van der Waals surface area contributed by atoms with Gasteiger partial charge < -0.3 is 20.5 Å². The predicted octanol–water partition coefficient (Wildman–Crippen LogP) is 3.83. The molecule has 0 saturated carbocycles. The van der Waals surface area contributed by atoms with E-state index in [-0.39, 0.29) is 30.7 Å². The number of anilines is 3. The number of aromatic nitrogens is 2. The van der Waals surface area contributed by atoms with Crippen LogP contribution in [0.5, 0.6) is 0 Å². The molecule has 2 aromatic carbocycles. The quantitative estimate of drug-likeness (QED) is 0.430. The molecule has 3 rings (SSSR count). The first kappa shape index (κ1) is 25.2. The maximum Gasteiger partial charge on any atom is 0.326 e. The van der Waals surface area contributed by atoms with Crippen LogP contribution in [0.4, 0.5) is 22.1 Å². The topological polar surface area (TPSA) is 146 Å². The molecule has 0 aliphatic rings. The summed E-state index contributed by atoms with van der Waals surface area (Å²) in [4.78, 5) is 43.0. The van der Waals surface area contributed by atoms with E-state index < -0.39 is 11.9 Å². The molecule has 0 bridgehead atoms. The third-order valence-electron chi connectivity index (χ3n) is 5.86. The zero-order valence-electron chi connectivity index (χ0n) is 20.0. The third-order valence-corrected chi connectivity index (χ3v) is 5.86. The summed E-state index contributed by atoms with van der Waals surface area (Å²) in [7, 11) is 1.73. The first-order valence-corrected chi connectivity index (χ1v) is 11.4. The highest BCUT2D eigenvalue weighted by Gasteiger charge is 2.21. The second kappa shape index (κ2) is 11.2. The van der Waals surface area contributed by atoms with Gasteiger partial charge in [-0.3, -0.25) is 14.9 Å². The number of nitrogens with zero attached hydrogens (tertiary/aromatic N) is 4. The highest BCUT2D eigenvalue weighted by molar-refractivity contribution is 6.00. The van der Waals surface area contributed by atoms with E-state index in [0.29, 0.717) is 28.0 Å². The minimum atomic E-state index is -0.536. The number of nitrogens with two attached hydrogens (primary N) is 1. The molecule has 10 nitrogen and oxygen atoms in total. The lowest BCUT2D eigenvalue weighted by atomic mass is 10.0. The number of imidazole rings is 1. The molecule has 10 heteroatoms. The first-order valence-electron chi connectivity index (χ1n) is 11.4. The van der Waals surface area contributed by atoms with Crippen LogP contribution in [0, 0.1) is 17.2 Å². The Labute approximate surface area is 203 Å². The van der Waals surface area contributed by atoms with Crippen molar-refractivity contribution in [2.45, 2.75) is 39.7 Å². The molecule has 0 fully saturated rings. The number of hydrogen-bond donors (Lipinski definition) is 3. The molecule has 0 atom stereocenters. The lowest BCUT2D eigenvalue weighted by Crippen LogP contribution is -2.32. The normalized spacial score (nSPS) is 10.7. The van der Waals surface area contributed by atoms with Crippen molar-refractivity contribution in [3.8, 4) is 6.07 Å². The van der Waals surface area contributed by atoms with Crippen LogP contribution < -0.4 is 21.3 Å². The average Bonchev–Trinajstić information content (AvgIpc) is 3.19. The Morgan fingerprint density at radius 1 is 1.11 bits per heavy atom. The van der Waals surface area contributed by atoms with Crippen molar-refractivity contribution in [3.63, 3.8) is 0 Å². The summed E-state index contributed by atoms with van der Waals surface area (Å²) in [6.07, 6.45) is 1.57. The molecular weight excluding hydrogens is 446 g/mol. The van der Waals surface area contributed by atoms with Crippen LogP contribution in [0.3, 0.4) is 0 Å². The van der Waals surface area contributed by atoms with E-state index in [9.17, 15) is 14.4 Å². The largest absolute Gasteiger partial charge is 0.370 e. The molecule has 35 heavy (non-hydrogen) atoms. The Kier molecular flexibility index (Phi) is 8.04. The van der Waals surface area contributed by atoms with Crippen molar-refractivity contribution >= 4 is 46.2 Å². The molecule has 182 valence electrons. The fraction of sp³-hybridized carbons (Fsp3) is 0.320. The van der Waals surface area contributed by atoms with Crippen molar-refractivity contribution in [2.75, 3.05) is 22.6 Å². The maximum atomic E-state index is 12.8. The number of amides is 4. The molecule has 4 amide bonds. The third kappa shape index (κ3) is 5.95. The summed E-state index contributed by atoms with van der Waals surface area (Å²) < 4.78 is 1.70. The van der Waals surface area contributed by atoms with Gasteiger partial charge in [0, 0.05) is 37.3 Å². The number of nitriles is 1. The number of aryl methyl sites for hydroxylation is 1. The van der Waals surface area contributed by atoms with Crippen molar-refractivity contribution in [2.24, 2.45) is 11.7 Å². The molecule has 0 spiro atoms. The summed E-state index contributed by atoms with van der Waals surface area (Å²) in [5, 5.41) is 14.3. The van der Waals surface area contributed by atoms with Crippen LogP contribution in [-0.2, 0) is 16.1 Å². The van der Waals surface area contributed by atoms with Gasteiger partial charge in [-0.05, 0) is 55.3 Å². The fourth-order valence-electron chi connectivity index (χ4n) is 3.80. The van der Waals surface area contributed by atoms with Crippen molar-refractivity contribution in [3.05, 3.63) is 48.0 Å². The van der Waals surface area contributed by atoms with Gasteiger partial charge in [0.15, 0.2) is 0 Å². The van der Waals surface area contributed by atoms with Crippen LogP contribution in [0.15, 0.2) is 42.5 Å². The van der Waals surface area contributed by atoms with Gasteiger partial charge >= 0.3 is 6.03 Å². The standard InChI is InChI=1S/C25H29N7O3/c1-4-17(5-2)23(34)31(3)19-10-11-21-20(14-19)29-24(32(21)13-12-22(27)33)30-25(35)28-18-8-6-16(15-26)7-9-18/h6-11,14,17H,4-5,12-13H2,1-3H3,(H2,27,33)(H2,28,29,30,35). The number of fused-ring (bicyclic) bond motifs is 1. The number of urea groups is 1. The number of hydrogen-bond acceptors (Lipinski definition) is 5. The molecule has 0 unspecified atom stereocenters. The van der Waals surface area contributed by atoms with Crippen LogP contribution in [0.1, 0.15) is 38.7 Å². The lowest BCUT2D eigenvalue weighted by Gasteiger charge is -2.22. The van der Waals surface area contributed by atoms with Gasteiger partial charge in [0.05, 0.1) is 22.7 Å². The number of primary amides is 1. The smallest absolute Gasteiger partial charge is 0.326 e. The number of nitrogens with one attached hydrogen (secondary N) is 2. The van der Waals surface area contributed by atoms with E-state index >= 15 is 0 Å². The zero-order valence-corrected chi connectivity index (χ0v) is 20.0. The van der Waals surface area contributed by atoms with Crippen molar-refractivity contribution in [1.82, 2.24) is 9.55 Å². The summed E-state index contributed by atoms with van der Waals surface area (Å²) >= 11 is 0. The molecule has 0 radical (unpaired) electrons. The number of carbonyl (C=O) groups is 3. The van der Waals surface area contributed by atoms with Gasteiger partial charge in [0.25, 0.3) is 0 Å². The minimum absolute atomic E-state index is 0.0302. The van der Waals surface area contributed by atoms with Gasteiger partial charge in [0.1, 0.15) is 0 Å². The Morgan fingerprint density at radius 2 is 1.80 bits per heavy atom. The molecule has 0 aliphatic heterocycles. The van der Waals surface area contributed by atoms with Gasteiger partial charge in [-0.25, -0.2) is 9.78 Å². The van der Waals surface area contributed by atoms with E-state index in [0.717, 1.165) is 12.8 Å². The van der Waals surface area contributed by atoms with E-state index in [1.807, 2.05) is 26.0 Å². The Hall–Kier alpha value is -4.39. The molecule has 1 heterocycles. The highest BCUT2D eigenvalue weighted by Crippen LogP contribution is 2.27. The van der Waals surface area contributed by atoms with Crippen LogP contribution in [-0.4, -0.2) is 34.4 Å². The summed E-state index contributed by atoms with van der Waals surface area (Å²) in [5.74, 6) is -0.278. The van der Waals surface area contributed by atoms with E-state index in [1.165, 1.54) is 0 Å². The average molecular weight is 476 g/mol. The Bertz CT molecular complexity index is 1270. The first-order chi connectivity index (χ1) is 16.8. The fourth-order valence-corrected chi connectivity index (χ4v) is 3.80. The minimum Gasteiger partial charge on any atom is -0.370 e. The second-order valence-corrected chi connectivity index (χ2v) is 8.16. The van der Waals surface area contributed by atoms with Gasteiger partial charge in [-0.1, -0.05) is 13.8 Å². The molecule has 1 aromatic heterocycles. The lowest BCUT2D eigenvalue weighted by molar-refractivity contribution is -0.122. The Balaban J connectivity index is 1.89. The molecule has 3 aromatic rings. The predicted molar refractivity (Wildman–Crippen MR) is 135 cm³/mol. The zero-order chi connectivity index (χ0) is 25.5. The highest BCUT2D eigenvalue weighted by atomic mass is 16.2. The summed E-state index contributed by atoms with van der Waals surface area (Å²) in [5.41, 5.74) is 8.26. The number of rotatable bonds is 9. The molecule has 4 N–H and O–H groups in total. The van der Waals surface area contributed by atoms with E-state index in [2.05, 4.69) is 15.6 Å². The molecule has 0 aliphatic carbocycles. The van der Waals surface area contributed by atoms with Gasteiger partial charge in [0.2, 0.25) is 17.8 Å².